The molecule has 1 saturated heterocycles. The predicted octanol–water partition coefficient (Wildman–Crippen LogP) is 3.33. The summed E-state index contributed by atoms with van der Waals surface area (Å²) in [5, 5.41) is 3.34. The van der Waals surface area contributed by atoms with Crippen molar-refractivity contribution in [2.75, 3.05) is 26.2 Å². The van der Waals surface area contributed by atoms with Gasteiger partial charge in [-0.25, -0.2) is 0 Å². The summed E-state index contributed by atoms with van der Waals surface area (Å²) in [7, 11) is 0. The second-order valence-corrected chi connectivity index (χ2v) is 6.10. The molecule has 1 aromatic rings. The number of benzene rings is 1. The summed E-state index contributed by atoms with van der Waals surface area (Å²) in [5.74, 6) is 0.618. The van der Waals surface area contributed by atoms with Gasteiger partial charge in [-0.3, -0.25) is 4.90 Å². The van der Waals surface area contributed by atoms with E-state index in [9.17, 15) is 13.2 Å². The van der Waals surface area contributed by atoms with Gasteiger partial charge < -0.3 is 10.1 Å². The number of nitrogens with zero attached hydrogens (tertiary/aromatic N) is 1. The molecule has 1 aliphatic carbocycles. The van der Waals surface area contributed by atoms with E-state index in [-0.39, 0.29) is 5.75 Å². The molecule has 122 valence electrons. The van der Waals surface area contributed by atoms with Crippen LogP contribution in [0.5, 0.6) is 5.75 Å². The fraction of sp³-hybridized carbons (Fsp3) is 0.625. The lowest BCUT2D eigenvalue weighted by Crippen LogP contribution is -2.45. The van der Waals surface area contributed by atoms with E-state index in [0.717, 1.165) is 44.1 Å². The van der Waals surface area contributed by atoms with Gasteiger partial charge in [0.15, 0.2) is 0 Å². The van der Waals surface area contributed by atoms with E-state index in [1.54, 1.807) is 12.1 Å². The highest BCUT2D eigenvalue weighted by atomic mass is 19.4. The van der Waals surface area contributed by atoms with Gasteiger partial charge in [-0.1, -0.05) is 25.0 Å². The first-order valence-electron chi connectivity index (χ1n) is 7.82. The Bertz CT molecular complexity index is 479. The van der Waals surface area contributed by atoms with Crippen molar-refractivity contribution in [2.24, 2.45) is 5.92 Å². The largest absolute Gasteiger partial charge is 0.573 e. The van der Waals surface area contributed by atoms with Crippen molar-refractivity contribution in [2.45, 2.75) is 31.7 Å². The molecule has 0 spiro atoms. The monoisotopic (exact) mass is 314 g/mol. The molecule has 1 saturated carbocycles. The summed E-state index contributed by atoms with van der Waals surface area (Å²) < 4.78 is 40.7. The smallest absolute Gasteiger partial charge is 0.406 e. The van der Waals surface area contributed by atoms with Crippen LogP contribution in [-0.2, 0) is 0 Å². The molecule has 0 amide bonds. The average molecular weight is 314 g/mol. The van der Waals surface area contributed by atoms with Crippen molar-refractivity contribution in [1.82, 2.24) is 10.2 Å². The van der Waals surface area contributed by atoms with E-state index in [4.69, 9.17) is 0 Å². The molecule has 3 nitrogen and oxygen atoms in total. The molecule has 1 aliphatic heterocycles. The maximum atomic E-state index is 12.2. The summed E-state index contributed by atoms with van der Waals surface area (Å²) >= 11 is 0. The number of ether oxygens (including phenoxy) is 1. The van der Waals surface area contributed by atoms with Gasteiger partial charge in [0, 0.05) is 32.2 Å². The zero-order valence-corrected chi connectivity index (χ0v) is 12.4. The van der Waals surface area contributed by atoms with Crippen LogP contribution in [0, 0.1) is 5.92 Å². The molecule has 0 unspecified atom stereocenters. The molecule has 6 heteroatoms. The molecule has 3 rings (SSSR count). The lowest BCUT2D eigenvalue weighted by Gasteiger charge is -2.35. The van der Waals surface area contributed by atoms with Crippen LogP contribution < -0.4 is 10.1 Å². The topological polar surface area (TPSA) is 24.5 Å². The Morgan fingerprint density at radius 3 is 2.32 bits per heavy atom. The van der Waals surface area contributed by atoms with E-state index in [2.05, 4.69) is 15.0 Å². The molecular formula is C16H21F3N2O. The van der Waals surface area contributed by atoms with Crippen molar-refractivity contribution < 1.29 is 17.9 Å². The molecule has 2 fully saturated rings. The molecule has 22 heavy (non-hydrogen) atoms. The van der Waals surface area contributed by atoms with Crippen molar-refractivity contribution in [3.05, 3.63) is 29.8 Å². The van der Waals surface area contributed by atoms with Crippen LogP contribution >= 0.6 is 0 Å². The summed E-state index contributed by atoms with van der Waals surface area (Å²) in [6.45, 7) is 3.91. The second-order valence-electron chi connectivity index (χ2n) is 6.10. The van der Waals surface area contributed by atoms with Crippen molar-refractivity contribution in [3.63, 3.8) is 0 Å². The lowest BCUT2D eigenvalue weighted by molar-refractivity contribution is -0.274. The number of hydrogen-bond acceptors (Lipinski definition) is 3. The first-order valence-corrected chi connectivity index (χ1v) is 7.82. The normalized spacial score (nSPS) is 21.6. The van der Waals surface area contributed by atoms with Crippen molar-refractivity contribution in [3.8, 4) is 5.75 Å². The summed E-state index contributed by atoms with van der Waals surface area (Å²) in [5.41, 5.74) is 1.09. The molecule has 1 atom stereocenters. The van der Waals surface area contributed by atoms with Gasteiger partial charge in [0.25, 0.3) is 0 Å². The van der Waals surface area contributed by atoms with Gasteiger partial charge >= 0.3 is 6.36 Å². The first kappa shape index (κ1) is 15.6. The van der Waals surface area contributed by atoms with Crippen LogP contribution in [0.25, 0.3) is 0 Å². The third-order valence-electron chi connectivity index (χ3n) is 4.34. The van der Waals surface area contributed by atoms with Gasteiger partial charge in [-0.2, -0.15) is 0 Å². The minimum atomic E-state index is -4.63. The standard InChI is InChI=1S/C16H21F3N2O/c17-16(18,19)22-14-5-3-13(4-6-14)15(11-12-1-2-12)21-9-7-20-8-10-21/h3-6,12,15,20H,1-2,7-11H2/t15-/m1/s1. The SMILES string of the molecule is FC(F)(F)Oc1ccc([C@@H](CC2CC2)N2CCNCC2)cc1. The third kappa shape index (κ3) is 4.36. The Labute approximate surface area is 128 Å². The highest BCUT2D eigenvalue weighted by Crippen LogP contribution is 2.40. The van der Waals surface area contributed by atoms with Gasteiger partial charge in [0.05, 0.1) is 0 Å². The maximum Gasteiger partial charge on any atom is 0.573 e. The van der Waals surface area contributed by atoms with Crippen LogP contribution in [0.15, 0.2) is 24.3 Å². The van der Waals surface area contributed by atoms with E-state index in [1.165, 1.54) is 25.0 Å². The van der Waals surface area contributed by atoms with Crippen LogP contribution in [0.1, 0.15) is 30.9 Å². The van der Waals surface area contributed by atoms with Crippen LogP contribution in [-0.4, -0.2) is 37.4 Å². The van der Waals surface area contributed by atoms with Gasteiger partial charge in [0.2, 0.25) is 0 Å². The van der Waals surface area contributed by atoms with Crippen molar-refractivity contribution >= 4 is 0 Å². The van der Waals surface area contributed by atoms with E-state index in [1.807, 2.05) is 0 Å². The van der Waals surface area contributed by atoms with E-state index < -0.39 is 6.36 Å². The fourth-order valence-corrected chi connectivity index (χ4v) is 3.05. The maximum absolute atomic E-state index is 12.2. The van der Waals surface area contributed by atoms with Crippen molar-refractivity contribution in [1.29, 1.82) is 0 Å². The summed E-state index contributed by atoms with van der Waals surface area (Å²) in [6, 6.07) is 6.69. The second kappa shape index (κ2) is 6.46. The molecular weight excluding hydrogens is 293 g/mol. The van der Waals surface area contributed by atoms with Gasteiger partial charge in [-0.05, 0) is 30.0 Å². The molecule has 0 aromatic heterocycles. The Hall–Kier alpha value is -1.27. The molecule has 0 bridgehead atoms. The number of halogens is 3. The molecule has 1 aromatic carbocycles. The number of rotatable bonds is 5. The number of alkyl halides is 3. The third-order valence-corrected chi connectivity index (χ3v) is 4.34. The summed E-state index contributed by atoms with van der Waals surface area (Å²) in [6.07, 6.45) is -0.983. The van der Waals surface area contributed by atoms with Gasteiger partial charge in [0.1, 0.15) is 5.75 Å². The van der Waals surface area contributed by atoms with Crippen LogP contribution in [0.3, 0.4) is 0 Å². The average Bonchev–Trinajstić information content (AvgIpc) is 3.29. The Kier molecular flexibility index (Phi) is 4.59. The van der Waals surface area contributed by atoms with Crippen LogP contribution in [0.2, 0.25) is 0 Å². The Morgan fingerprint density at radius 2 is 1.77 bits per heavy atom. The van der Waals surface area contributed by atoms with E-state index >= 15 is 0 Å². The molecule has 0 radical (unpaired) electrons. The van der Waals surface area contributed by atoms with E-state index in [0.29, 0.717) is 6.04 Å². The zero-order valence-electron chi connectivity index (χ0n) is 12.4. The molecule has 1 N–H and O–H groups in total. The van der Waals surface area contributed by atoms with Crippen LogP contribution in [0.4, 0.5) is 13.2 Å². The highest BCUT2D eigenvalue weighted by molar-refractivity contribution is 5.29. The Morgan fingerprint density at radius 1 is 1.14 bits per heavy atom. The molecule has 1 heterocycles. The highest BCUT2D eigenvalue weighted by Gasteiger charge is 2.32. The number of nitrogens with one attached hydrogen (secondary N) is 1. The van der Waals surface area contributed by atoms with Gasteiger partial charge in [-0.15, -0.1) is 13.2 Å². The fourth-order valence-electron chi connectivity index (χ4n) is 3.05. The lowest BCUT2D eigenvalue weighted by atomic mass is 9.98. The number of hydrogen-bond donors (Lipinski definition) is 1. The molecule has 2 aliphatic rings. The zero-order chi connectivity index (χ0) is 15.6. The quantitative estimate of drug-likeness (QED) is 0.902. The summed E-state index contributed by atoms with van der Waals surface area (Å²) in [4.78, 5) is 2.44. The minimum absolute atomic E-state index is 0.151. The minimum Gasteiger partial charge on any atom is -0.406 e. The predicted molar refractivity (Wildman–Crippen MR) is 77.6 cm³/mol. The first-order chi connectivity index (χ1) is 10.5. The Balaban J connectivity index is 1.72. The number of piperazine rings is 1.